The quantitative estimate of drug-likeness (QED) is 0.224. The highest BCUT2D eigenvalue weighted by atomic mass is 35.5. The lowest BCUT2D eigenvalue weighted by molar-refractivity contribution is -0.112. The van der Waals surface area contributed by atoms with Gasteiger partial charge in [0.25, 0.3) is 5.91 Å². The topological polar surface area (TPSA) is 84.1 Å². The second-order valence-corrected chi connectivity index (χ2v) is 7.93. The van der Waals surface area contributed by atoms with Gasteiger partial charge in [0.15, 0.2) is 0 Å². The lowest BCUT2D eigenvalue weighted by atomic mass is 10.1. The third-order valence-corrected chi connectivity index (χ3v) is 5.64. The van der Waals surface area contributed by atoms with Crippen molar-refractivity contribution in [1.29, 1.82) is 5.26 Å². The van der Waals surface area contributed by atoms with Crippen LogP contribution in [0.15, 0.2) is 84.6 Å². The maximum atomic E-state index is 12.8. The zero-order valence-electron chi connectivity index (χ0n) is 18.3. The molecule has 0 saturated heterocycles. The molecule has 0 bridgehead atoms. The van der Waals surface area contributed by atoms with E-state index < -0.39 is 11.9 Å². The Morgan fingerprint density at radius 3 is 2.62 bits per heavy atom. The normalized spacial score (nSPS) is 11.1. The third-order valence-electron chi connectivity index (χ3n) is 5.31. The second-order valence-electron chi connectivity index (χ2n) is 7.53. The number of nitriles is 1. The standard InChI is InChI=1S/C27H20ClN3O3/c1-34-27(33)19-8-6-7-18(13-19)16-31-17-21(22-9-2-5-12-25(22)31)14-20(15-29)26(32)30-24-11-4-3-10-23(24)28/h2-14,17H,16H2,1H3,(H,30,32)/b20-14-. The number of methoxy groups -OCH3 is 1. The predicted octanol–water partition coefficient (Wildman–Crippen LogP) is 5.68. The van der Waals surface area contributed by atoms with Gasteiger partial charge >= 0.3 is 5.97 Å². The lowest BCUT2D eigenvalue weighted by Crippen LogP contribution is -2.13. The van der Waals surface area contributed by atoms with Crippen LogP contribution in [0.3, 0.4) is 0 Å². The number of anilines is 1. The van der Waals surface area contributed by atoms with Gasteiger partial charge in [-0.25, -0.2) is 4.79 Å². The number of carbonyl (C=O) groups excluding carboxylic acids is 2. The molecule has 1 heterocycles. The Labute approximate surface area is 201 Å². The summed E-state index contributed by atoms with van der Waals surface area (Å²) in [6, 6.07) is 23.8. The zero-order valence-corrected chi connectivity index (χ0v) is 19.0. The number of halogens is 1. The largest absolute Gasteiger partial charge is 0.465 e. The van der Waals surface area contributed by atoms with Crippen LogP contribution in [-0.4, -0.2) is 23.6 Å². The van der Waals surface area contributed by atoms with Crippen molar-refractivity contribution in [2.75, 3.05) is 12.4 Å². The van der Waals surface area contributed by atoms with Crippen molar-refractivity contribution in [3.05, 3.63) is 106 Å². The van der Waals surface area contributed by atoms with Gasteiger partial charge in [-0.2, -0.15) is 5.26 Å². The summed E-state index contributed by atoms with van der Waals surface area (Å²) in [5, 5.41) is 13.6. The van der Waals surface area contributed by atoms with E-state index in [1.807, 2.05) is 47.2 Å². The number of fused-ring (bicyclic) bond motifs is 1. The van der Waals surface area contributed by atoms with E-state index in [0.29, 0.717) is 22.8 Å². The van der Waals surface area contributed by atoms with Crippen molar-refractivity contribution in [2.45, 2.75) is 6.54 Å². The molecule has 4 aromatic rings. The molecule has 0 radical (unpaired) electrons. The summed E-state index contributed by atoms with van der Waals surface area (Å²) >= 11 is 6.13. The fraction of sp³-hybridized carbons (Fsp3) is 0.0741. The van der Waals surface area contributed by atoms with E-state index in [1.165, 1.54) is 7.11 Å². The van der Waals surface area contributed by atoms with Crippen molar-refractivity contribution in [2.24, 2.45) is 0 Å². The molecule has 0 aliphatic heterocycles. The number of benzene rings is 3. The van der Waals surface area contributed by atoms with E-state index in [2.05, 4.69) is 5.32 Å². The van der Waals surface area contributed by atoms with Crippen molar-refractivity contribution < 1.29 is 14.3 Å². The van der Waals surface area contributed by atoms with E-state index in [9.17, 15) is 14.9 Å². The molecule has 0 unspecified atom stereocenters. The van der Waals surface area contributed by atoms with Crippen molar-refractivity contribution in [3.8, 4) is 6.07 Å². The Kier molecular flexibility index (Phi) is 6.77. The SMILES string of the molecule is COC(=O)c1cccc(Cn2cc(/C=C(/C#N)C(=O)Nc3ccccc3Cl)c3ccccc32)c1. The Bertz CT molecular complexity index is 1460. The van der Waals surface area contributed by atoms with Gasteiger partial charge in [-0.3, -0.25) is 4.79 Å². The Balaban J connectivity index is 1.68. The fourth-order valence-electron chi connectivity index (χ4n) is 3.69. The molecular weight excluding hydrogens is 450 g/mol. The number of rotatable bonds is 6. The summed E-state index contributed by atoms with van der Waals surface area (Å²) in [4.78, 5) is 24.6. The first-order valence-corrected chi connectivity index (χ1v) is 10.8. The van der Waals surface area contributed by atoms with Crippen molar-refractivity contribution in [3.63, 3.8) is 0 Å². The van der Waals surface area contributed by atoms with Crippen molar-refractivity contribution in [1.82, 2.24) is 4.57 Å². The maximum absolute atomic E-state index is 12.8. The van der Waals surface area contributed by atoms with Crippen LogP contribution in [0.25, 0.3) is 17.0 Å². The monoisotopic (exact) mass is 469 g/mol. The number of hydrogen-bond donors (Lipinski definition) is 1. The highest BCUT2D eigenvalue weighted by molar-refractivity contribution is 6.34. The minimum atomic E-state index is -0.543. The first-order chi connectivity index (χ1) is 16.5. The Morgan fingerprint density at radius 2 is 1.85 bits per heavy atom. The molecule has 1 N–H and O–H groups in total. The highest BCUT2D eigenvalue weighted by Gasteiger charge is 2.14. The molecule has 4 rings (SSSR count). The van der Waals surface area contributed by atoms with Gasteiger partial charge < -0.3 is 14.6 Å². The Hall–Kier alpha value is -4.34. The van der Waals surface area contributed by atoms with Crippen LogP contribution in [0, 0.1) is 11.3 Å². The summed E-state index contributed by atoms with van der Waals surface area (Å²) in [7, 11) is 1.35. The van der Waals surface area contributed by atoms with Gasteiger partial charge in [0.05, 0.1) is 23.4 Å². The molecule has 7 heteroatoms. The minimum Gasteiger partial charge on any atom is -0.465 e. The minimum absolute atomic E-state index is 0.0458. The first-order valence-electron chi connectivity index (χ1n) is 10.4. The number of amides is 1. The van der Waals surface area contributed by atoms with Crippen LogP contribution in [0.1, 0.15) is 21.5 Å². The molecular formula is C27H20ClN3O3. The van der Waals surface area contributed by atoms with Gasteiger partial charge in [0, 0.05) is 29.2 Å². The average molecular weight is 470 g/mol. The number of ether oxygens (including phenoxy) is 1. The summed E-state index contributed by atoms with van der Waals surface area (Å²) in [5.41, 5.74) is 3.43. The van der Waals surface area contributed by atoms with Gasteiger partial charge in [0.2, 0.25) is 0 Å². The van der Waals surface area contributed by atoms with Gasteiger partial charge in [-0.15, -0.1) is 0 Å². The van der Waals surface area contributed by atoms with E-state index in [1.54, 1.807) is 48.5 Å². The smallest absolute Gasteiger partial charge is 0.337 e. The van der Waals surface area contributed by atoms with E-state index in [0.717, 1.165) is 22.0 Å². The van der Waals surface area contributed by atoms with Crippen LogP contribution in [0.5, 0.6) is 0 Å². The summed E-state index contributed by atoms with van der Waals surface area (Å²) in [6.45, 7) is 0.493. The van der Waals surface area contributed by atoms with Crippen LogP contribution in [-0.2, 0) is 16.1 Å². The molecule has 0 fully saturated rings. The van der Waals surface area contributed by atoms with Crippen LogP contribution in [0.4, 0.5) is 5.69 Å². The van der Waals surface area contributed by atoms with Crippen LogP contribution < -0.4 is 5.32 Å². The molecule has 0 saturated carbocycles. The molecule has 6 nitrogen and oxygen atoms in total. The molecule has 1 aromatic heterocycles. The predicted molar refractivity (Wildman–Crippen MR) is 132 cm³/mol. The Morgan fingerprint density at radius 1 is 1.09 bits per heavy atom. The number of nitrogens with zero attached hydrogens (tertiary/aromatic N) is 2. The molecule has 168 valence electrons. The molecule has 0 aliphatic rings. The number of esters is 1. The highest BCUT2D eigenvalue weighted by Crippen LogP contribution is 2.26. The molecule has 0 atom stereocenters. The molecule has 0 aliphatic carbocycles. The number of nitrogens with one attached hydrogen (secondary N) is 1. The van der Waals surface area contributed by atoms with Gasteiger partial charge in [-0.1, -0.05) is 54.1 Å². The molecule has 34 heavy (non-hydrogen) atoms. The first kappa shape index (κ1) is 22.8. The summed E-state index contributed by atoms with van der Waals surface area (Å²) in [6.07, 6.45) is 3.45. The molecule has 1 amide bonds. The molecule has 3 aromatic carbocycles. The zero-order chi connectivity index (χ0) is 24.1. The van der Waals surface area contributed by atoms with Gasteiger partial charge in [-0.05, 0) is 42.0 Å². The maximum Gasteiger partial charge on any atom is 0.337 e. The van der Waals surface area contributed by atoms with E-state index in [-0.39, 0.29) is 5.57 Å². The van der Waals surface area contributed by atoms with E-state index >= 15 is 0 Å². The number of carbonyl (C=O) groups is 2. The number of aromatic nitrogens is 1. The van der Waals surface area contributed by atoms with Crippen LogP contribution >= 0.6 is 11.6 Å². The fourth-order valence-corrected chi connectivity index (χ4v) is 3.87. The van der Waals surface area contributed by atoms with Crippen LogP contribution in [0.2, 0.25) is 5.02 Å². The van der Waals surface area contributed by atoms with Crippen molar-refractivity contribution >= 4 is 46.1 Å². The average Bonchev–Trinajstić information content (AvgIpc) is 3.20. The third kappa shape index (κ3) is 4.85. The van der Waals surface area contributed by atoms with E-state index in [4.69, 9.17) is 16.3 Å². The lowest BCUT2D eigenvalue weighted by Gasteiger charge is -2.07. The summed E-state index contributed by atoms with van der Waals surface area (Å²) in [5.74, 6) is -0.941. The molecule has 0 spiro atoms. The number of hydrogen-bond acceptors (Lipinski definition) is 4. The van der Waals surface area contributed by atoms with Gasteiger partial charge in [0.1, 0.15) is 11.6 Å². The second kappa shape index (κ2) is 10.1. The summed E-state index contributed by atoms with van der Waals surface area (Å²) < 4.78 is 6.83. The number of para-hydroxylation sites is 2.